The molecule has 0 bridgehead atoms. The molecule has 0 aromatic carbocycles. The molecule has 6 nitrogen and oxygen atoms in total. The second-order valence-corrected chi connectivity index (χ2v) is 3.82. The summed E-state index contributed by atoms with van der Waals surface area (Å²) in [5, 5.41) is 8.91. The van der Waals surface area contributed by atoms with Crippen LogP contribution in [0.2, 0.25) is 0 Å². The molecule has 1 atom stereocenters. The molecule has 1 aromatic heterocycles. The van der Waals surface area contributed by atoms with Gasteiger partial charge in [0.05, 0.1) is 0 Å². The third kappa shape index (κ3) is 2.80. The van der Waals surface area contributed by atoms with E-state index in [4.69, 9.17) is 10.8 Å². The zero-order valence-corrected chi connectivity index (χ0v) is 9.30. The van der Waals surface area contributed by atoms with Crippen molar-refractivity contribution in [2.75, 3.05) is 13.2 Å². The molecule has 0 amide bonds. The topological polar surface area (TPSA) is 90.2 Å². The molecule has 0 spiro atoms. The van der Waals surface area contributed by atoms with Gasteiger partial charge in [-0.2, -0.15) is 0 Å². The molecule has 0 fully saturated rings. The van der Waals surface area contributed by atoms with E-state index >= 15 is 0 Å². The van der Waals surface area contributed by atoms with Crippen LogP contribution < -0.4 is 17.0 Å². The van der Waals surface area contributed by atoms with E-state index in [1.165, 1.54) is 16.8 Å². The maximum Gasteiger partial charge on any atom is 0.331 e. The minimum Gasteiger partial charge on any atom is -0.396 e. The normalized spacial score (nSPS) is 12.7. The SMILES string of the molecule is CC(CO)Cn1ccc(=O)n(CCN)c1=O. The lowest BCUT2D eigenvalue weighted by Gasteiger charge is -2.12. The van der Waals surface area contributed by atoms with Crippen LogP contribution in [0, 0.1) is 5.92 Å². The number of aromatic nitrogens is 2. The molecule has 6 heteroatoms. The smallest absolute Gasteiger partial charge is 0.331 e. The van der Waals surface area contributed by atoms with Gasteiger partial charge in [0, 0.05) is 38.5 Å². The Labute approximate surface area is 92.9 Å². The Hall–Kier alpha value is -1.40. The summed E-state index contributed by atoms with van der Waals surface area (Å²) < 4.78 is 2.52. The van der Waals surface area contributed by atoms with Gasteiger partial charge >= 0.3 is 5.69 Å². The third-order valence-electron chi connectivity index (χ3n) is 2.31. The highest BCUT2D eigenvalue weighted by Gasteiger charge is 2.07. The van der Waals surface area contributed by atoms with Gasteiger partial charge in [-0.25, -0.2) is 4.79 Å². The van der Waals surface area contributed by atoms with Crippen molar-refractivity contribution in [1.29, 1.82) is 0 Å². The van der Waals surface area contributed by atoms with Gasteiger partial charge in [0.2, 0.25) is 0 Å². The van der Waals surface area contributed by atoms with Crippen LogP contribution in [0.15, 0.2) is 21.9 Å². The number of aliphatic hydroxyl groups excluding tert-OH is 1. The quantitative estimate of drug-likeness (QED) is 0.647. The third-order valence-corrected chi connectivity index (χ3v) is 2.31. The highest BCUT2D eigenvalue weighted by Crippen LogP contribution is 1.95. The molecule has 3 N–H and O–H groups in total. The fourth-order valence-electron chi connectivity index (χ4n) is 1.42. The number of hydrogen-bond donors (Lipinski definition) is 2. The summed E-state index contributed by atoms with van der Waals surface area (Å²) in [6.07, 6.45) is 1.45. The second kappa shape index (κ2) is 5.62. The first kappa shape index (κ1) is 12.7. The Morgan fingerprint density at radius 3 is 2.75 bits per heavy atom. The van der Waals surface area contributed by atoms with Crippen molar-refractivity contribution in [3.63, 3.8) is 0 Å². The van der Waals surface area contributed by atoms with Gasteiger partial charge in [0.1, 0.15) is 0 Å². The van der Waals surface area contributed by atoms with Crippen molar-refractivity contribution in [2.45, 2.75) is 20.0 Å². The molecule has 1 rings (SSSR count). The van der Waals surface area contributed by atoms with Crippen LogP contribution in [0.5, 0.6) is 0 Å². The van der Waals surface area contributed by atoms with Crippen molar-refractivity contribution in [1.82, 2.24) is 9.13 Å². The molecule has 1 unspecified atom stereocenters. The largest absolute Gasteiger partial charge is 0.396 e. The zero-order valence-electron chi connectivity index (χ0n) is 9.30. The molecule has 0 saturated carbocycles. The Bertz CT molecular complexity index is 449. The highest BCUT2D eigenvalue weighted by molar-refractivity contribution is 4.86. The molecule has 0 aliphatic heterocycles. The van der Waals surface area contributed by atoms with Crippen LogP contribution in [0.1, 0.15) is 6.92 Å². The van der Waals surface area contributed by atoms with Gasteiger partial charge in [-0.1, -0.05) is 6.92 Å². The number of nitrogens with zero attached hydrogens (tertiary/aromatic N) is 2. The summed E-state index contributed by atoms with van der Waals surface area (Å²) in [6.45, 7) is 2.67. The second-order valence-electron chi connectivity index (χ2n) is 3.82. The van der Waals surface area contributed by atoms with Gasteiger partial charge in [-0.3, -0.25) is 9.36 Å². The van der Waals surface area contributed by atoms with E-state index in [0.29, 0.717) is 6.54 Å². The van der Waals surface area contributed by atoms with E-state index in [1.807, 2.05) is 6.92 Å². The molecule has 0 aliphatic rings. The van der Waals surface area contributed by atoms with E-state index in [0.717, 1.165) is 4.57 Å². The van der Waals surface area contributed by atoms with Gasteiger partial charge < -0.3 is 15.4 Å². The molecule has 1 aromatic rings. The molecular formula is C10H17N3O3. The summed E-state index contributed by atoms with van der Waals surface area (Å²) in [5.74, 6) is -0.0264. The lowest BCUT2D eigenvalue weighted by Crippen LogP contribution is -2.41. The van der Waals surface area contributed by atoms with E-state index < -0.39 is 0 Å². The maximum absolute atomic E-state index is 11.8. The van der Waals surface area contributed by atoms with Crippen molar-refractivity contribution >= 4 is 0 Å². The van der Waals surface area contributed by atoms with E-state index in [-0.39, 0.29) is 36.9 Å². The summed E-state index contributed by atoms with van der Waals surface area (Å²) in [7, 11) is 0. The van der Waals surface area contributed by atoms with Gasteiger partial charge in [0.15, 0.2) is 0 Å². The van der Waals surface area contributed by atoms with Crippen molar-refractivity contribution in [2.24, 2.45) is 11.7 Å². The Morgan fingerprint density at radius 1 is 1.50 bits per heavy atom. The first-order valence-electron chi connectivity index (χ1n) is 5.21. The standard InChI is InChI=1S/C10H17N3O3/c1-8(7-14)6-12-4-2-9(15)13(5-3-11)10(12)16/h2,4,8,14H,3,5-7,11H2,1H3. The average Bonchev–Trinajstić information content (AvgIpc) is 2.28. The van der Waals surface area contributed by atoms with E-state index in [9.17, 15) is 9.59 Å². The Kier molecular flexibility index (Phi) is 4.45. The number of hydrogen-bond acceptors (Lipinski definition) is 4. The van der Waals surface area contributed by atoms with Gasteiger partial charge in [-0.15, -0.1) is 0 Å². The van der Waals surface area contributed by atoms with E-state index in [2.05, 4.69) is 0 Å². The predicted molar refractivity (Wildman–Crippen MR) is 60.3 cm³/mol. The monoisotopic (exact) mass is 227 g/mol. The molecule has 0 saturated heterocycles. The minimum atomic E-state index is -0.377. The number of nitrogens with two attached hydrogens (primary N) is 1. The summed E-state index contributed by atoms with van der Waals surface area (Å²) >= 11 is 0. The highest BCUT2D eigenvalue weighted by atomic mass is 16.3. The van der Waals surface area contributed by atoms with Crippen molar-refractivity contribution in [3.8, 4) is 0 Å². The van der Waals surface area contributed by atoms with Gasteiger partial charge in [-0.05, 0) is 5.92 Å². The van der Waals surface area contributed by atoms with Crippen LogP contribution >= 0.6 is 0 Å². The fourth-order valence-corrected chi connectivity index (χ4v) is 1.42. The predicted octanol–water partition coefficient (Wildman–Crippen LogP) is -1.40. The minimum absolute atomic E-state index is 0.00244. The summed E-state index contributed by atoms with van der Waals surface area (Å²) in [5.41, 5.74) is 4.61. The average molecular weight is 227 g/mol. The molecular weight excluding hydrogens is 210 g/mol. The van der Waals surface area contributed by atoms with Crippen LogP contribution in [0.4, 0.5) is 0 Å². The molecule has 1 heterocycles. The van der Waals surface area contributed by atoms with Crippen LogP contribution in [0.25, 0.3) is 0 Å². The molecule has 90 valence electrons. The molecule has 16 heavy (non-hydrogen) atoms. The first-order chi connectivity index (χ1) is 7.60. The Balaban J connectivity index is 3.09. The number of rotatable bonds is 5. The lowest BCUT2D eigenvalue weighted by molar-refractivity contribution is 0.220. The Morgan fingerprint density at radius 2 is 2.19 bits per heavy atom. The van der Waals surface area contributed by atoms with E-state index in [1.54, 1.807) is 0 Å². The summed E-state index contributed by atoms with van der Waals surface area (Å²) in [6, 6.07) is 1.33. The van der Waals surface area contributed by atoms with Crippen LogP contribution in [-0.4, -0.2) is 27.4 Å². The lowest BCUT2D eigenvalue weighted by atomic mass is 10.2. The van der Waals surface area contributed by atoms with Crippen LogP contribution in [-0.2, 0) is 13.1 Å². The molecule has 0 radical (unpaired) electrons. The van der Waals surface area contributed by atoms with Crippen molar-refractivity contribution < 1.29 is 5.11 Å². The fraction of sp³-hybridized carbons (Fsp3) is 0.600. The van der Waals surface area contributed by atoms with Gasteiger partial charge in [0.25, 0.3) is 5.56 Å². The molecule has 0 aliphatic carbocycles. The van der Waals surface area contributed by atoms with Crippen molar-refractivity contribution in [3.05, 3.63) is 33.1 Å². The van der Waals surface area contributed by atoms with Crippen LogP contribution in [0.3, 0.4) is 0 Å². The summed E-state index contributed by atoms with van der Waals surface area (Å²) in [4.78, 5) is 23.2. The number of aliphatic hydroxyl groups is 1. The maximum atomic E-state index is 11.8. The zero-order chi connectivity index (χ0) is 12.1. The first-order valence-corrected chi connectivity index (χ1v) is 5.21.